The van der Waals surface area contributed by atoms with E-state index in [0.29, 0.717) is 12.3 Å². The number of nitrogens with zero attached hydrogens (tertiary/aromatic N) is 1. The molecular formula is C17H22N2O3. The van der Waals surface area contributed by atoms with Crippen LogP contribution in [0.25, 0.3) is 0 Å². The number of furan rings is 2. The Balaban J connectivity index is 1.65. The number of amides is 1. The maximum Gasteiger partial charge on any atom is 0.287 e. The lowest BCUT2D eigenvalue weighted by molar-refractivity contribution is 0.0870. The number of likely N-dealkylation sites (tertiary alicyclic amines) is 1. The maximum absolute atomic E-state index is 12.1. The van der Waals surface area contributed by atoms with Gasteiger partial charge in [-0.15, -0.1) is 0 Å². The van der Waals surface area contributed by atoms with Gasteiger partial charge >= 0.3 is 0 Å². The zero-order valence-corrected chi connectivity index (χ0v) is 12.8. The van der Waals surface area contributed by atoms with E-state index in [1.807, 2.05) is 12.1 Å². The molecule has 1 aliphatic rings. The summed E-state index contributed by atoms with van der Waals surface area (Å²) in [7, 11) is 0. The molecule has 0 aromatic carbocycles. The van der Waals surface area contributed by atoms with Crippen molar-refractivity contribution in [2.45, 2.75) is 25.8 Å². The van der Waals surface area contributed by atoms with Crippen molar-refractivity contribution in [1.29, 1.82) is 0 Å². The molecule has 1 atom stereocenters. The van der Waals surface area contributed by atoms with Crippen LogP contribution in [-0.4, -0.2) is 30.4 Å². The highest BCUT2D eigenvalue weighted by atomic mass is 16.3. The molecule has 118 valence electrons. The second kappa shape index (κ2) is 6.83. The van der Waals surface area contributed by atoms with Crippen molar-refractivity contribution in [2.24, 2.45) is 5.92 Å². The van der Waals surface area contributed by atoms with E-state index in [-0.39, 0.29) is 11.9 Å². The number of rotatable bonds is 5. The van der Waals surface area contributed by atoms with E-state index < -0.39 is 0 Å². The molecule has 0 spiro atoms. The van der Waals surface area contributed by atoms with Crippen molar-refractivity contribution in [3.63, 3.8) is 0 Å². The van der Waals surface area contributed by atoms with Crippen LogP contribution in [-0.2, 0) is 0 Å². The first-order valence-electron chi connectivity index (χ1n) is 7.83. The summed E-state index contributed by atoms with van der Waals surface area (Å²) in [4.78, 5) is 14.5. The van der Waals surface area contributed by atoms with Gasteiger partial charge in [-0.2, -0.15) is 0 Å². The summed E-state index contributed by atoms with van der Waals surface area (Å²) in [6.45, 7) is 4.87. The summed E-state index contributed by atoms with van der Waals surface area (Å²) in [5, 5.41) is 2.95. The summed E-state index contributed by atoms with van der Waals surface area (Å²) in [5.74, 6) is 1.82. The van der Waals surface area contributed by atoms with Gasteiger partial charge in [0.15, 0.2) is 5.76 Å². The van der Waals surface area contributed by atoms with Crippen molar-refractivity contribution in [3.05, 3.63) is 48.3 Å². The molecule has 22 heavy (non-hydrogen) atoms. The molecule has 2 aromatic heterocycles. The quantitative estimate of drug-likeness (QED) is 0.922. The molecule has 3 heterocycles. The first-order valence-corrected chi connectivity index (χ1v) is 7.83. The third-order valence-corrected chi connectivity index (χ3v) is 4.33. The van der Waals surface area contributed by atoms with E-state index in [1.165, 1.54) is 19.1 Å². The van der Waals surface area contributed by atoms with Crippen LogP contribution in [0.2, 0.25) is 0 Å². The van der Waals surface area contributed by atoms with Crippen LogP contribution in [0, 0.1) is 5.92 Å². The lowest BCUT2D eigenvalue weighted by Gasteiger charge is -2.35. The summed E-state index contributed by atoms with van der Waals surface area (Å²) in [6.07, 6.45) is 5.56. The molecule has 0 saturated carbocycles. The van der Waals surface area contributed by atoms with Crippen LogP contribution < -0.4 is 5.32 Å². The summed E-state index contributed by atoms with van der Waals surface area (Å²) in [5.41, 5.74) is 0. The SMILES string of the molecule is CC1CCN(C(CNC(=O)c2ccco2)c2ccco2)CC1. The predicted octanol–water partition coefficient (Wildman–Crippen LogP) is 3.08. The highest BCUT2D eigenvalue weighted by Gasteiger charge is 2.27. The van der Waals surface area contributed by atoms with Crippen molar-refractivity contribution in [2.75, 3.05) is 19.6 Å². The molecule has 2 aromatic rings. The van der Waals surface area contributed by atoms with Gasteiger partial charge in [0.25, 0.3) is 5.91 Å². The molecular weight excluding hydrogens is 280 g/mol. The Kier molecular flexibility index (Phi) is 4.63. The van der Waals surface area contributed by atoms with Crippen molar-refractivity contribution in [3.8, 4) is 0 Å². The molecule has 0 radical (unpaired) electrons. The Morgan fingerprint density at radius 1 is 1.27 bits per heavy atom. The predicted molar refractivity (Wildman–Crippen MR) is 82.5 cm³/mol. The first-order chi connectivity index (χ1) is 10.7. The summed E-state index contributed by atoms with van der Waals surface area (Å²) >= 11 is 0. The van der Waals surface area contributed by atoms with Gasteiger partial charge in [-0.05, 0) is 56.1 Å². The third kappa shape index (κ3) is 3.42. The second-order valence-electron chi connectivity index (χ2n) is 5.94. The largest absolute Gasteiger partial charge is 0.468 e. The molecule has 1 fully saturated rings. The standard InChI is InChI=1S/C17H22N2O3/c1-13-6-8-19(9-7-13)14(15-4-2-10-21-15)12-18-17(20)16-5-3-11-22-16/h2-5,10-11,13-14H,6-9,12H2,1H3,(H,18,20). The Morgan fingerprint density at radius 2 is 2.00 bits per heavy atom. The summed E-state index contributed by atoms with van der Waals surface area (Å²) in [6, 6.07) is 7.32. The van der Waals surface area contributed by atoms with Crippen molar-refractivity contribution in [1.82, 2.24) is 10.2 Å². The molecule has 1 aliphatic heterocycles. The Bertz CT molecular complexity index is 569. The van der Waals surface area contributed by atoms with E-state index in [1.54, 1.807) is 18.4 Å². The number of carbonyl (C=O) groups is 1. The number of hydrogen-bond acceptors (Lipinski definition) is 4. The number of carbonyl (C=O) groups excluding carboxylic acids is 1. The number of hydrogen-bond donors (Lipinski definition) is 1. The minimum Gasteiger partial charge on any atom is -0.468 e. The Hall–Kier alpha value is -2.01. The fourth-order valence-corrected chi connectivity index (χ4v) is 2.91. The van der Waals surface area contributed by atoms with E-state index >= 15 is 0 Å². The zero-order chi connectivity index (χ0) is 15.4. The van der Waals surface area contributed by atoms with Gasteiger partial charge in [-0.3, -0.25) is 9.69 Å². The van der Waals surface area contributed by atoms with E-state index in [4.69, 9.17) is 8.83 Å². The molecule has 1 unspecified atom stereocenters. The zero-order valence-electron chi connectivity index (χ0n) is 12.8. The molecule has 1 N–H and O–H groups in total. The summed E-state index contributed by atoms with van der Waals surface area (Å²) < 4.78 is 10.7. The van der Waals surface area contributed by atoms with Crippen LogP contribution >= 0.6 is 0 Å². The average molecular weight is 302 g/mol. The number of piperidine rings is 1. The van der Waals surface area contributed by atoms with E-state index in [2.05, 4.69) is 17.1 Å². The molecule has 5 heteroatoms. The lowest BCUT2D eigenvalue weighted by atomic mass is 9.97. The minimum atomic E-state index is -0.188. The fraction of sp³-hybridized carbons (Fsp3) is 0.471. The Morgan fingerprint density at radius 3 is 2.64 bits per heavy atom. The monoisotopic (exact) mass is 302 g/mol. The van der Waals surface area contributed by atoms with Crippen molar-refractivity contribution >= 4 is 5.91 Å². The fourth-order valence-electron chi connectivity index (χ4n) is 2.91. The van der Waals surface area contributed by atoms with Gasteiger partial charge in [0.1, 0.15) is 5.76 Å². The van der Waals surface area contributed by atoms with Crippen LogP contribution in [0.3, 0.4) is 0 Å². The molecule has 3 rings (SSSR count). The highest BCUT2D eigenvalue weighted by molar-refractivity contribution is 5.91. The van der Waals surface area contributed by atoms with Crippen LogP contribution in [0.1, 0.15) is 42.1 Å². The molecule has 0 bridgehead atoms. The molecule has 1 saturated heterocycles. The van der Waals surface area contributed by atoms with Gasteiger partial charge in [0.05, 0.1) is 18.6 Å². The van der Waals surface area contributed by atoms with Gasteiger partial charge in [-0.25, -0.2) is 0 Å². The van der Waals surface area contributed by atoms with E-state index in [9.17, 15) is 4.79 Å². The smallest absolute Gasteiger partial charge is 0.287 e. The van der Waals surface area contributed by atoms with Gasteiger partial charge in [0.2, 0.25) is 0 Å². The minimum absolute atomic E-state index is 0.0708. The topological polar surface area (TPSA) is 58.6 Å². The second-order valence-corrected chi connectivity index (χ2v) is 5.94. The van der Waals surface area contributed by atoms with Crippen LogP contribution in [0.4, 0.5) is 0 Å². The molecule has 0 aliphatic carbocycles. The maximum atomic E-state index is 12.1. The first kappa shape index (κ1) is 14.9. The van der Waals surface area contributed by atoms with Crippen LogP contribution in [0.15, 0.2) is 45.6 Å². The lowest BCUT2D eigenvalue weighted by Crippen LogP contribution is -2.41. The molecule has 5 nitrogen and oxygen atoms in total. The normalized spacial score (nSPS) is 18.2. The van der Waals surface area contributed by atoms with Gasteiger partial charge in [-0.1, -0.05) is 6.92 Å². The molecule has 1 amide bonds. The van der Waals surface area contributed by atoms with Crippen molar-refractivity contribution < 1.29 is 13.6 Å². The highest BCUT2D eigenvalue weighted by Crippen LogP contribution is 2.26. The van der Waals surface area contributed by atoms with Gasteiger partial charge in [0, 0.05) is 6.54 Å². The van der Waals surface area contributed by atoms with Gasteiger partial charge < -0.3 is 14.2 Å². The van der Waals surface area contributed by atoms with Crippen LogP contribution in [0.5, 0.6) is 0 Å². The Labute approximate surface area is 130 Å². The number of nitrogens with one attached hydrogen (secondary N) is 1. The van der Waals surface area contributed by atoms with E-state index in [0.717, 1.165) is 24.8 Å². The average Bonchev–Trinajstić information content (AvgIpc) is 3.22. The third-order valence-electron chi connectivity index (χ3n) is 4.33.